The Morgan fingerprint density at radius 1 is 1.04 bits per heavy atom. The van der Waals surface area contributed by atoms with Crippen LogP contribution < -0.4 is 10.2 Å². The van der Waals surface area contributed by atoms with Crippen LogP contribution in [0.1, 0.15) is 20.3 Å². The molecule has 144 valence electrons. The van der Waals surface area contributed by atoms with Gasteiger partial charge in [-0.25, -0.2) is 0 Å². The molecule has 0 saturated carbocycles. The summed E-state index contributed by atoms with van der Waals surface area (Å²) in [5, 5.41) is 3.12. The van der Waals surface area contributed by atoms with E-state index in [2.05, 4.69) is 91.6 Å². The maximum absolute atomic E-state index is 12.5. The Kier molecular flexibility index (Phi) is 6.12. The fourth-order valence-corrected chi connectivity index (χ4v) is 4.67. The summed E-state index contributed by atoms with van der Waals surface area (Å²) >= 11 is 1.79. The van der Waals surface area contributed by atoms with Crippen LogP contribution in [0.5, 0.6) is 0 Å². The minimum absolute atomic E-state index is 0.0557. The van der Waals surface area contributed by atoms with Crippen molar-refractivity contribution in [2.75, 3.05) is 38.6 Å². The number of para-hydroxylation sites is 2. The first-order chi connectivity index (χ1) is 12.9. The van der Waals surface area contributed by atoms with Crippen LogP contribution in [0.25, 0.3) is 0 Å². The van der Waals surface area contributed by atoms with Crippen LogP contribution in [0.4, 0.5) is 11.4 Å². The SMILES string of the molecule is CN(C)CC(C)(C)CNC(=O)CCN1c2ccccc2Sc2ccccc21. The Morgan fingerprint density at radius 2 is 1.59 bits per heavy atom. The molecule has 1 amide bonds. The van der Waals surface area contributed by atoms with E-state index >= 15 is 0 Å². The van der Waals surface area contributed by atoms with E-state index in [4.69, 9.17) is 0 Å². The molecule has 4 nitrogen and oxygen atoms in total. The summed E-state index contributed by atoms with van der Waals surface area (Å²) in [5.41, 5.74) is 2.42. The van der Waals surface area contributed by atoms with Crippen LogP contribution in [0, 0.1) is 5.41 Å². The molecule has 0 saturated heterocycles. The van der Waals surface area contributed by atoms with Gasteiger partial charge in [-0.1, -0.05) is 49.9 Å². The minimum atomic E-state index is 0.0557. The highest BCUT2D eigenvalue weighted by Gasteiger charge is 2.24. The predicted octanol–water partition coefficient (Wildman–Crippen LogP) is 4.38. The summed E-state index contributed by atoms with van der Waals surface area (Å²) < 4.78 is 0. The molecular weight excluding hydrogens is 354 g/mol. The van der Waals surface area contributed by atoms with Gasteiger partial charge in [0.1, 0.15) is 0 Å². The highest BCUT2D eigenvalue weighted by molar-refractivity contribution is 7.99. The second-order valence-corrected chi connectivity index (χ2v) is 9.20. The molecule has 0 atom stereocenters. The predicted molar refractivity (Wildman–Crippen MR) is 114 cm³/mol. The van der Waals surface area contributed by atoms with E-state index in [0.29, 0.717) is 19.5 Å². The lowest BCUT2D eigenvalue weighted by atomic mass is 9.93. The lowest BCUT2D eigenvalue weighted by Gasteiger charge is -2.33. The van der Waals surface area contributed by atoms with Crippen LogP contribution in [-0.4, -0.2) is 44.5 Å². The third-order valence-electron chi connectivity index (χ3n) is 4.60. The molecule has 2 aromatic rings. The molecule has 27 heavy (non-hydrogen) atoms. The standard InChI is InChI=1S/C22H29N3OS/c1-22(2,16-24(3)4)15-23-21(26)13-14-25-17-9-5-7-11-19(17)27-20-12-8-6-10-18(20)25/h5-12H,13-16H2,1-4H3,(H,23,26). The smallest absolute Gasteiger partial charge is 0.221 e. The Hall–Kier alpha value is -1.98. The first-order valence-corrected chi connectivity index (χ1v) is 10.2. The number of benzene rings is 2. The second kappa shape index (κ2) is 8.36. The molecule has 0 aliphatic carbocycles. The van der Waals surface area contributed by atoms with E-state index in [0.717, 1.165) is 6.54 Å². The van der Waals surface area contributed by atoms with E-state index in [9.17, 15) is 4.79 Å². The van der Waals surface area contributed by atoms with E-state index < -0.39 is 0 Å². The average molecular weight is 384 g/mol. The zero-order valence-electron chi connectivity index (χ0n) is 16.7. The largest absolute Gasteiger partial charge is 0.355 e. The highest BCUT2D eigenvalue weighted by atomic mass is 32.2. The zero-order valence-corrected chi connectivity index (χ0v) is 17.5. The van der Waals surface area contributed by atoms with Crippen molar-refractivity contribution in [1.82, 2.24) is 10.2 Å². The number of hydrogen-bond donors (Lipinski definition) is 1. The van der Waals surface area contributed by atoms with Crippen molar-refractivity contribution in [2.45, 2.75) is 30.1 Å². The van der Waals surface area contributed by atoms with Gasteiger partial charge in [0.15, 0.2) is 0 Å². The van der Waals surface area contributed by atoms with Crippen molar-refractivity contribution >= 4 is 29.0 Å². The summed E-state index contributed by atoms with van der Waals surface area (Å²) in [7, 11) is 4.12. The second-order valence-electron chi connectivity index (χ2n) is 8.12. The number of rotatable bonds is 7. The van der Waals surface area contributed by atoms with Crippen LogP contribution in [-0.2, 0) is 4.79 Å². The number of nitrogens with zero attached hydrogens (tertiary/aromatic N) is 2. The molecule has 5 heteroatoms. The van der Waals surface area contributed by atoms with Gasteiger partial charge in [-0.15, -0.1) is 0 Å². The average Bonchev–Trinajstić information content (AvgIpc) is 2.62. The van der Waals surface area contributed by atoms with Crippen molar-refractivity contribution in [1.29, 1.82) is 0 Å². The molecule has 1 aliphatic heterocycles. The normalized spacial score (nSPS) is 13.3. The maximum Gasteiger partial charge on any atom is 0.221 e. The van der Waals surface area contributed by atoms with Crippen LogP contribution in [0.2, 0.25) is 0 Å². The Balaban J connectivity index is 1.65. The van der Waals surface area contributed by atoms with Gasteiger partial charge in [0.2, 0.25) is 5.91 Å². The molecule has 2 aromatic carbocycles. The van der Waals surface area contributed by atoms with Gasteiger partial charge in [-0.2, -0.15) is 0 Å². The molecule has 1 heterocycles. The molecule has 0 unspecified atom stereocenters. The molecule has 0 bridgehead atoms. The van der Waals surface area contributed by atoms with Crippen molar-refractivity contribution < 1.29 is 4.79 Å². The summed E-state index contributed by atoms with van der Waals surface area (Å²) in [6, 6.07) is 16.8. The number of fused-ring (bicyclic) bond motifs is 2. The molecule has 0 aromatic heterocycles. The summed E-state index contributed by atoms with van der Waals surface area (Å²) in [4.78, 5) is 19.4. The Morgan fingerprint density at radius 3 is 2.15 bits per heavy atom. The number of carbonyl (C=O) groups excluding carboxylic acids is 1. The number of nitrogens with one attached hydrogen (secondary N) is 1. The number of hydrogen-bond acceptors (Lipinski definition) is 4. The third kappa shape index (κ3) is 5.05. The monoisotopic (exact) mass is 383 g/mol. The first-order valence-electron chi connectivity index (χ1n) is 9.41. The Labute approximate surface area is 166 Å². The highest BCUT2D eigenvalue weighted by Crippen LogP contribution is 2.47. The fourth-order valence-electron chi connectivity index (χ4n) is 3.57. The first kappa shape index (κ1) is 19.8. The maximum atomic E-state index is 12.5. The molecule has 1 N–H and O–H groups in total. The lowest BCUT2D eigenvalue weighted by molar-refractivity contribution is -0.121. The van der Waals surface area contributed by atoms with Gasteiger partial charge in [-0.05, 0) is 43.8 Å². The lowest BCUT2D eigenvalue weighted by Crippen LogP contribution is -2.40. The van der Waals surface area contributed by atoms with Crippen LogP contribution in [0.3, 0.4) is 0 Å². The van der Waals surface area contributed by atoms with Crippen LogP contribution in [0.15, 0.2) is 58.3 Å². The van der Waals surface area contributed by atoms with Gasteiger partial charge in [0.25, 0.3) is 0 Å². The topological polar surface area (TPSA) is 35.6 Å². The quantitative estimate of drug-likeness (QED) is 0.769. The van der Waals surface area contributed by atoms with Gasteiger partial charge < -0.3 is 15.1 Å². The van der Waals surface area contributed by atoms with Gasteiger partial charge in [-0.3, -0.25) is 4.79 Å². The van der Waals surface area contributed by atoms with Crippen molar-refractivity contribution in [3.63, 3.8) is 0 Å². The number of amides is 1. The molecule has 0 radical (unpaired) electrons. The summed E-state index contributed by atoms with van der Waals surface area (Å²) in [6.45, 7) is 6.67. The van der Waals surface area contributed by atoms with Crippen molar-refractivity contribution in [3.05, 3.63) is 48.5 Å². The number of anilines is 2. The summed E-state index contributed by atoms with van der Waals surface area (Å²) in [6.07, 6.45) is 0.478. The van der Waals surface area contributed by atoms with Gasteiger partial charge in [0.05, 0.1) is 11.4 Å². The molecule has 3 rings (SSSR count). The minimum Gasteiger partial charge on any atom is -0.355 e. The van der Waals surface area contributed by atoms with E-state index in [1.165, 1.54) is 21.2 Å². The van der Waals surface area contributed by atoms with Crippen LogP contribution >= 0.6 is 11.8 Å². The fraction of sp³-hybridized carbons (Fsp3) is 0.409. The molecule has 1 aliphatic rings. The Bertz CT molecular complexity index is 758. The third-order valence-corrected chi connectivity index (χ3v) is 5.73. The van der Waals surface area contributed by atoms with E-state index in [1.54, 1.807) is 11.8 Å². The zero-order chi connectivity index (χ0) is 19.4. The van der Waals surface area contributed by atoms with Crippen molar-refractivity contribution in [3.8, 4) is 0 Å². The van der Waals surface area contributed by atoms with E-state index in [-0.39, 0.29) is 11.3 Å². The van der Waals surface area contributed by atoms with Gasteiger partial charge >= 0.3 is 0 Å². The van der Waals surface area contributed by atoms with Crippen molar-refractivity contribution in [2.24, 2.45) is 5.41 Å². The summed E-state index contributed by atoms with van der Waals surface area (Å²) in [5.74, 6) is 0.106. The van der Waals surface area contributed by atoms with Gasteiger partial charge in [0, 0.05) is 35.8 Å². The number of carbonyl (C=O) groups is 1. The van der Waals surface area contributed by atoms with E-state index in [1.807, 2.05) is 0 Å². The molecular formula is C22H29N3OS. The molecule has 0 spiro atoms. The molecule has 0 fully saturated rings.